The maximum absolute atomic E-state index is 16.0. The van der Waals surface area contributed by atoms with Gasteiger partial charge in [-0.3, -0.25) is 9.59 Å². The summed E-state index contributed by atoms with van der Waals surface area (Å²) in [5.41, 5.74) is -4.79. The minimum atomic E-state index is -2.12. The molecule has 6 saturated heterocycles. The van der Waals surface area contributed by atoms with Crippen LogP contribution in [-0.4, -0.2) is 374 Å². The lowest BCUT2D eigenvalue weighted by Crippen LogP contribution is -2.70. The third kappa shape index (κ3) is 19.0. The molecule has 1 amide bonds. The standard InChI is InChI=1S/C81H136N2O35/c1-11-12-13-14-15-16-27-105-28-29-106-35-40(87)32-82-25-26-83-68(102)64-61(101)63(113-69-58(98)52(92)43(88)36-107-69)67(117-71-60(100)56(96)54(94)45(34-85)111-71)74(114-64)112-49-20-21-77(6)46(78(49,7)37-86)19-22-79(8)47(77)18-17-41-42-30-76(4,5)23-24-81(42,48(89)31-80(41,79)9)75(103)118-72-65(57(97)50(90)38(2)108-72)115-73-66(62(104-10)51(91)39(3)109-73)116-70-59(99)55(95)53(93)44(33-84)110-70/h17,37-40,42-67,69-74,82,84-85,87-101H,11-16,18-36H2,1-10H3,(H,83,102)/t38?,39?,40?,42?,43?,44?,45?,46?,47?,48-,49+,50?,51?,52?,53?,54?,55?,56?,57?,58?,59?,60?,61?,62?,63?,64?,65?,66?,67?,69?,70?,71?,72?,73?,74?,77+,78+,79-,80-,81-/m1/s1. The quantitative estimate of drug-likeness (QED) is 0.00981. The minimum Gasteiger partial charge on any atom is -0.432 e. The van der Waals surface area contributed by atoms with E-state index in [1.165, 1.54) is 40.2 Å². The molecular formula is C81H136N2O35. The minimum absolute atomic E-state index is 0.00296. The topological polar surface area (TPSA) is 558 Å². The molecule has 33 unspecified atom stereocenters. The van der Waals surface area contributed by atoms with E-state index in [-0.39, 0.29) is 58.0 Å². The fourth-order valence-electron chi connectivity index (χ4n) is 21.4. The summed E-state index contributed by atoms with van der Waals surface area (Å²) >= 11 is 0. The predicted octanol–water partition coefficient (Wildman–Crippen LogP) is -3.42. The number of fused-ring (bicyclic) bond motifs is 7. The van der Waals surface area contributed by atoms with Crippen molar-refractivity contribution in [1.29, 1.82) is 0 Å². The van der Waals surface area contributed by atoms with Crippen molar-refractivity contribution in [3.05, 3.63) is 11.6 Å². The number of rotatable bonds is 34. The van der Waals surface area contributed by atoms with Crippen LogP contribution in [0.5, 0.6) is 0 Å². The van der Waals surface area contributed by atoms with Gasteiger partial charge in [-0.25, -0.2) is 0 Å². The molecule has 6 aliphatic heterocycles. The van der Waals surface area contributed by atoms with Gasteiger partial charge in [-0.2, -0.15) is 0 Å². The van der Waals surface area contributed by atoms with Crippen molar-refractivity contribution < 1.29 is 172 Å². The average Bonchev–Trinajstić information content (AvgIpc) is 0.669. The van der Waals surface area contributed by atoms with Gasteiger partial charge in [-0.1, -0.05) is 92.2 Å². The summed E-state index contributed by atoms with van der Waals surface area (Å²) in [6.07, 6.45) is -41.9. The monoisotopic (exact) mass is 1700 g/mol. The smallest absolute Gasteiger partial charge is 0.317 e. The van der Waals surface area contributed by atoms with Gasteiger partial charge in [0.25, 0.3) is 5.91 Å². The molecule has 10 fully saturated rings. The van der Waals surface area contributed by atoms with E-state index in [9.17, 15) is 96.4 Å². The van der Waals surface area contributed by atoms with E-state index in [0.717, 1.165) is 31.1 Å². The number of esters is 1. The first-order valence-electron chi connectivity index (χ1n) is 42.5. The molecule has 0 aromatic rings. The number of amides is 1. The molecule has 0 bridgehead atoms. The van der Waals surface area contributed by atoms with Gasteiger partial charge < -0.3 is 173 Å². The Hall–Kier alpha value is -2.93. The van der Waals surface area contributed by atoms with E-state index in [2.05, 4.69) is 58.3 Å². The van der Waals surface area contributed by atoms with Crippen LogP contribution < -0.4 is 10.6 Å². The Morgan fingerprint density at radius 3 is 1.81 bits per heavy atom. The normalized spacial score (nSPS) is 47.9. The van der Waals surface area contributed by atoms with Crippen LogP contribution in [-0.2, 0) is 85.4 Å². The molecule has 0 spiro atoms. The molecule has 6 heterocycles. The Morgan fingerprint density at radius 2 is 1.16 bits per heavy atom. The van der Waals surface area contributed by atoms with Gasteiger partial charge in [0.05, 0.1) is 75.6 Å². The highest BCUT2D eigenvalue weighted by Gasteiger charge is 2.73. The van der Waals surface area contributed by atoms with Gasteiger partial charge in [-0.05, 0) is 117 Å². The molecule has 0 aromatic heterocycles. The van der Waals surface area contributed by atoms with Crippen molar-refractivity contribution in [1.82, 2.24) is 10.6 Å². The number of allylic oxidation sites excluding steroid dienone is 2. The number of aldehydes is 1. The average molecular weight is 1700 g/mol. The maximum Gasteiger partial charge on any atom is 0.317 e. The fourth-order valence-corrected chi connectivity index (χ4v) is 21.4. The summed E-state index contributed by atoms with van der Waals surface area (Å²) in [5.74, 6) is -3.21. The first-order chi connectivity index (χ1) is 55.9. The fraction of sp³-hybridized carbons (Fsp3) is 0.938. The second kappa shape index (κ2) is 39.9. The number of aliphatic hydroxyl groups is 17. The summed E-state index contributed by atoms with van der Waals surface area (Å²) in [4.78, 5) is 45.2. The number of methoxy groups -OCH3 is 1. The van der Waals surface area contributed by atoms with E-state index in [1.54, 1.807) is 6.92 Å². The van der Waals surface area contributed by atoms with E-state index < -0.39 is 272 Å². The largest absolute Gasteiger partial charge is 0.432 e. The van der Waals surface area contributed by atoms with Crippen molar-refractivity contribution in [2.45, 2.75) is 355 Å². The lowest BCUT2D eigenvalue weighted by molar-refractivity contribution is -0.391. The Morgan fingerprint density at radius 1 is 0.568 bits per heavy atom. The van der Waals surface area contributed by atoms with Crippen molar-refractivity contribution in [3.63, 3.8) is 0 Å². The molecule has 118 heavy (non-hydrogen) atoms. The maximum atomic E-state index is 16.0. The van der Waals surface area contributed by atoms with Crippen LogP contribution in [0.15, 0.2) is 11.6 Å². The second-order valence-corrected chi connectivity index (χ2v) is 36.7. The van der Waals surface area contributed by atoms with Crippen LogP contribution in [0.3, 0.4) is 0 Å². The lowest BCUT2D eigenvalue weighted by Gasteiger charge is -2.71. The van der Waals surface area contributed by atoms with Gasteiger partial charge in [0.1, 0.15) is 128 Å². The van der Waals surface area contributed by atoms with E-state index in [1.807, 2.05) is 0 Å². The molecule has 11 aliphatic rings. The number of nitrogens with one attached hydrogen (secondary N) is 2. The highest BCUT2D eigenvalue weighted by molar-refractivity contribution is 5.82. The lowest BCUT2D eigenvalue weighted by atomic mass is 9.33. The van der Waals surface area contributed by atoms with Crippen molar-refractivity contribution in [3.8, 4) is 0 Å². The van der Waals surface area contributed by atoms with Crippen LogP contribution in [0.4, 0.5) is 0 Å². The third-order valence-corrected chi connectivity index (χ3v) is 28.7. The van der Waals surface area contributed by atoms with E-state index in [0.29, 0.717) is 51.7 Å². The van der Waals surface area contributed by atoms with Gasteiger partial charge in [0.15, 0.2) is 43.7 Å². The van der Waals surface area contributed by atoms with Crippen LogP contribution in [0.1, 0.15) is 159 Å². The van der Waals surface area contributed by atoms with E-state index in [4.69, 9.17) is 71.1 Å². The number of aliphatic hydroxyl groups excluding tert-OH is 17. The SMILES string of the molecule is CCCCCCCCOCCOCC(O)CNCCNC(=O)C1OC(O[C@H]2CC[C@@]3(C)C(CC[C@]4(C)C3CC=C3C5CC(C)(C)CC[C@]5(C(=O)OC5OC(C)C(O)C(O)C5OC5OC(C)C(O)C(OC)C5OC5OC(CO)C(O)C(O)C5O)[C@H](O)C[C@]34C)[C@]2(C)C=O)C(OC2OC(CO)C(O)C(O)C2O)C(OC2OCC(O)C(O)C2O)C1O. The van der Waals surface area contributed by atoms with Crippen molar-refractivity contribution >= 4 is 18.2 Å². The molecule has 37 heteroatoms. The number of carbonyl (C=O) groups excluding carboxylic acids is 3. The summed E-state index contributed by atoms with van der Waals surface area (Å²) in [7, 11) is 1.24. The summed E-state index contributed by atoms with van der Waals surface area (Å²) < 4.78 is 92.0. The molecule has 0 radical (unpaired) electrons. The molecule has 5 aliphatic carbocycles. The third-order valence-electron chi connectivity index (χ3n) is 28.7. The zero-order valence-corrected chi connectivity index (χ0v) is 69.5. The molecule has 11 rings (SSSR count). The molecule has 40 atom stereocenters. The van der Waals surface area contributed by atoms with Crippen molar-refractivity contribution in [2.75, 3.05) is 73.0 Å². The predicted molar refractivity (Wildman–Crippen MR) is 406 cm³/mol. The van der Waals surface area contributed by atoms with Gasteiger partial charge in [-0.15, -0.1) is 0 Å². The summed E-state index contributed by atoms with van der Waals surface area (Å²) in [6, 6.07) is 0. The Balaban J connectivity index is 0.840. The van der Waals surface area contributed by atoms with Crippen LogP contribution in [0, 0.1) is 50.2 Å². The van der Waals surface area contributed by atoms with Gasteiger partial charge in [0, 0.05) is 33.4 Å². The van der Waals surface area contributed by atoms with Crippen molar-refractivity contribution in [2.24, 2.45) is 50.2 Å². The zero-order chi connectivity index (χ0) is 86.1. The number of unbranched alkanes of at least 4 members (excludes halogenated alkanes) is 5. The van der Waals surface area contributed by atoms with Gasteiger partial charge in [0.2, 0.25) is 6.29 Å². The van der Waals surface area contributed by atoms with Crippen LogP contribution in [0.25, 0.3) is 0 Å². The summed E-state index contributed by atoms with van der Waals surface area (Å²) in [6.45, 7) is 16.5. The molecule has 19 N–H and O–H groups in total. The van der Waals surface area contributed by atoms with E-state index >= 15 is 4.79 Å². The number of hydrogen-bond acceptors (Lipinski definition) is 36. The number of carbonyl (C=O) groups is 3. The molecule has 680 valence electrons. The molecule has 4 saturated carbocycles. The highest BCUT2D eigenvalue weighted by atomic mass is 16.8. The number of ether oxygens (including phenoxy) is 15. The first-order valence-corrected chi connectivity index (χ1v) is 42.5. The Kier molecular flexibility index (Phi) is 32.4. The molecular weight excluding hydrogens is 1560 g/mol. The summed E-state index contributed by atoms with van der Waals surface area (Å²) in [5, 5.41) is 196. The van der Waals surface area contributed by atoms with Crippen LogP contribution in [0.2, 0.25) is 0 Å². The highest BCUT2D eigenvalue weighted by Crippen LogP contribution is 2.76. The molecule has 37 nitrogen and oxygen atoms in total. The zero-order valence-electron chi connectivity index (χ0n) is 69.5. The Bertz CT molecular complexity index is 3260. The Labute approximate surface area is 688 Å². The molecule has 0 aromatic carbocycles. The second-order valence-electron chi connectivity index (χ2n) is 36.7. The van der Waals surface area contributed by atoms with Crippen LogP contribution >= 0.6 is 0 Å². The first kappa shape index (κ1) is 95.7. The number of hydrogen-bond donors (Lipinski definition) is 19. The van der Waals surface area contributed by atoms with Gasteiger partial charge >= 0.3 is 5.97 Å².